The number of fused-ring (bicyclic) bond motifs is 3. The van der Waals surface area contributed by atoms with Crippen molar-refractivity contribution >= 4 is 42.4 Å². The molecule has 0 radical (unpaired) electrons. The Morgan fingerprint density at radius 3 is 3.00 bits per heavy atom. The highest BCUT2D eigenvalue weighted by Crippen LogP contribution is 2.24. The molecule has 74 valence electrons. The fourth-order valence-electron chi connectivity index (χ4n) is 1.50. The Kier molecular flexibility index (Phi) is 1.90. The standard InChI is InChI=1S/C10H5BrN2OS/c11-6-5-13-7-3-1-2-4-8(7)15-10(13)12-9(6)14/h1-5H. The first-order chi connectivity index (χ1) is 7.25. The van der Waals surface area contributed by atoms with Crippen LogP contribution in [0.5, 0.6) is 0 Å². The van der Waals surface area contributed by atoms with Crippen molar-refractivity contribution in [3.8, 4) is 0 Å². The van der Waals surface area contributed by atoms with Crippen molar-refractivity contribution in [1.29, 1.82) is 0 Å². The first-order valence-electron chi connectivity index (χ1n) is 4.32. The van der Waals surface area contributed by atoms with E-state index < -0.39 is 0 Å². The van der Waals surface area contributed by atoms with Gasteiger partial charge in [0.2, 0.25) is 0 Å². The fraction of sp³-hybridized carbons (Fsp3) is 0. The van der Waals surface area contributed by atoms with Crippen LogP contribution in [0.3, 0.4) is 0 Å². The fourth-order valence-corrected chi connectivity index (χ4v) is 2.79. The van der Waals surface area contributed by atoms with E-state index >= 15 is 0 Å². The highest BCUT2D eigenvalue weighted by Gasteiger charge is 2.06. The van der Waals surface area contributed by atoms with Gasteiger partial charge in [0.05, 0.1) is 10.2 Å². The number of hydrogen-bond donors (Lipinski definition) is 0. The molecule has 0 unspecified atom stereocenters. The summed E-state index contributed by atoms with van der Waals surface area (Å²) in [5.74, 6) is 0. The van der Waals surface area contributed by atoms with Gasteiger partial charge in [0.15, 0.2) is 4.96 Å². The molecule has 0 aliphatic rings. The molecule has 0 spiro atoms. The SMILES string of the molecule is O=c1nc2sc3ccccc3n2cc1Br. The molecule has 0 N–H and O–H groups in total. The molecule has 15 heavy (non-hydrogen) atoms. The van der Waals surface area contributed by atoms with Gasteiger partial charge in [0, 0.05) is 6.20 Å². The van der Waals surface area contributed by atoms with E-state index in [9.17, 15) is 4.79 Å². The molecule has 0 aliphatic carbocycles. The van der Waals surface area contributed by atoms with Gasteiger partial charge in [-0.2, -0.15) is 4.98 Å². The molecule has 0 atom stereocenters. The molecule has 5 heteroatoms. The number of benzene rings is 1. The van der Waals surface area contributed by atoms with E-state index in [1.165, 1.54) is 11.3 Å². The molecule has 0 fully saturated rings. The summed E-state index contributed by atoms with van der Waals surface area (Å²) in [6, 6.07) is 7.98. The van der Waals surface area contributed by atoms with Crippen LogP contribution in [0.15, 0.2) is 39.7 Å². The number of aromatic nitrogens is 2. The normalized spacial score (nSPS) is 11.3. The van der Waals surface area contributed by atoms with Crippen molar-refractivity contribution in [3.05, 3.63) is 45.3 Å². The summed E-state index contributed by atoms with van der Waals surface area (Å²) in [6.45, 7) is 0. The summed E-state index contributed by atoms with van der Waals surface area (Å²) >= 11 is 4.71. The lowest BCUT2D eigenvalue weighted by Crippen LogP contribution is -2.07. The quantitative estimate of drug-likeness (QED) is 0.635. The van der Waals surface area contributed by atoms with E-state index in [1.807, 2.05) is 28.7 Å². The predicted octanol–water partition coefficient (Wildman–Crippen LogP) is 2.67. The lowest BCUT2D eigenvalue weighted by atomic mass is 10.3. The minimum Gasteiger partial charge on any atom is -0.290 e. The zero-order valence-corrected chi connectivity index (χ0v) is 9.88. The maximum absolute atomic E-state index is 11.3. The Bertz CT molecular complexity index is 716. The second kappa shape index (κ2) is 3.15. The van der Waals surface area contributed by atoms with Gasteiger partial charge in [0.1, 0.15) is 4.47 Å². The van der Waals surface area contributed by atoms with Gasteiger partial charge in [-0.1, -0.05) is 23.5 Å². The van der Waals surface area contributed by atoms with Crippen LogP contribution < -0.4 is 5.56 Å². The van der Waals surface area contributed by atoms with Gasteiger partial charge in [-0.05, 0) is 28.1 Å². The van der Waals surface area contributed by atoms with Crippen molar-refractivity contribution in [2.75, 3.05) is 0 Å². The Morgan fingerprint density at radius 2 is 2.13 bits per heavy atom. The highest BCUT2D eigenvalue weighted by molar-refractivity contribution is 9.10. The predicted molar refractivity (Wildman–Crippen MR) is 64.5 cm³/mol. The molecule has 0 bridgehead atoms. The van der Waals surface area contributed by atoms with Crippen LogP contribution in [0.25, 0.3) is 15.2 Å². The van der Waals surface area contributed by atoms with Crippen LogP contribution in [-0.2, 0) is 0 Å². The Hall–Kier alpha value is -1.20. The topological polar surface area (TPSA) is 34.4 Å². The van der Waals surface area contributed by atoms with E-state index in [0.29, 0.717) is 4.47 Å². The van der Waals surface area contributed by atoms with Gasteiger partial charge < -0.3 is 0 Å². The number of para-hydroxylation sites is 1. The average molecular weight is 281 g/mol. The molecular weight excluding hydrogens is 276 g/mol. The minimum absolute atomic E-state index is 0.221. The van der Waals surface area contributed by atoms with Crippen molar-refractivity contribution < 1.29 is 0 Å². The van der Waals surface area contributed by atoms with Crippen LogP contribution in [0.2, 0.25) is 0 Å². The molecule has 0 saturated carbocycles. The molecule has 0 amide bonds. The zero-order valence-electron chi connectivity index (χ0n) is 7.48. The van der Waals surface area contributed by atoms with Gasteiger partial charge >= 0.3 is 0 Å². The average Bonchev–Trinajstić information content (AvgIpc) is 2.57. The Labute approximate surface area is 97.1 Å². The Balaban J connectivity index is 2.61. The smallest absolute Gasteiger partial charge is 0.288 e. The summed E-state index contributed by atoms with van der Waals surface area (Å²) in [5.41, 5.74) is 0.854. The highest BCUT2D eigenvalue weighted by atomic mass is 79.9. The summed E-state index contributed by atoms with van der Waals surface area (Å²) in [6.07, 6.45) is 1.77. The van der Waals surface area contributed by atoms with Gasteiger partial charge in [-0.15, -0.1) is 0 Å². The maximum atomic E-state index is 11.3. The van der Waals surface area contributed by atoms with Crippen molar-refractivity contribution in [3.63, 3.8) is 0 Å². The number of rotatable bonds is 0. The van der Waals surface area contributed by atoms with Crippen molar-refractivity contribution in [1.82, 2.24) is 9.38 Å². The molecule has 0 aliphatic heterocycles. The van der Waals surface area contributed by atoms with E-state index in [2.05, 4.69) is 20.9 Å². The number of nitrogens with zero attached hydrogens (tertiary/aromatic N) is 2. The third-order valence-corrected chi connectivity index (χ3v) is 3.76. The molecule has 3 rings (SSSR count). The second-order valence-electron chi connectivity index (χ2n) is 3.12. The molecule has 3 aromatic rings. The van der Waals surface area contributed by atoms with Crippen LogP contribution in [0.4, 0.5) is 0 Å². The molecule has 3 nitrogen and oxygen atoms in total. The second-order valence-corrected chi connectivity index (χ2v) is 4.98. The number of halogens is 1. The van der Waals surface area contributed by atoms with Gasteiger partial charge in [-0.3, -0.25) is 9.20 Å². The van der Waals surface area contributed by atoms with E-state index in [0.717, 1.165) is 15.2 Å². The van der Waals surface area contributed by atoms with Crippen LogP contribution in [0.1, 0.15) is 0 Å². The summed E-state index contributed by atoms with van der Waals surface area (Å²) in [4.78, 5) is 16.1. The monoisotopic (exact) mass is 280 g/mol. The Morgan fingerprint density at radius 1 is 1.33 bits per heavy atom. The largest absolute Gasteiger partial charge is 0.290 e. The van der Waals surface area contributed by atoms with Crippen molar-refractivity contribution in [2.45, 2.75) is 0 Å². The van der Waals surface area contributed by atoms with E-state index in [1.54, 1.807) is 6.20 Å². The number of thiazole rings is 1. The zero-order chi connectivity index (χ0) is 10.4. The number of hydrogen-bond acceptors (Lipinski definition) is 3. The molecule has 1 aromatic carbocycles. The summed E-state index contributed by atoms with van der Waals surface area (Å²) in [5, 5.41) is 0. The first-order valence-corrected chi connectivity index (χ1v) is 5.93. The summed E-state index contributed by atoms with van der Waals surface area (Å²) < 4.78 is 3.54. The lowest BCUT2D eigenvalue weighted by Gasteiger charge is -1.94. The van der Waals surface area contributed by atoms with Gasteiger partial charge in [0.25, 0.3) is 5.56 Å². The molecule has 0 saturated heterocycles. The van der Waals surface area contributed by atoms with Crippen LogP contribution >= 0.6 is 27.3 Å². The third kappa shape index (κ3) is 1.31. The first kappa shape index (κ1) is 9.06. The van der Waals surface area contributed by atoms with Gasteiger partial charge in [-0.25, -0.2) is 0 Å². The van der Waals surface area contributed by atoms with Crippen molar-refractivity contribution in [2.24, 2.45) is 0 Å². The van der Waals surface area contributed by atoms with Crippen LogP contribution in [0, 0.1) is 0 Å². The maximum Gasteiger partial charge on any atom is 0.288 e. The molecule has 2 heterocycles. The third-order valence-electron chi connectivity index (χ3n) is 2.18. The van der Waals surface area contributed by atoms with Crippen LogP contribution in [-0.4, -0.2) is 9.38 Å². The lowest BCUT2D eigenvalue weighted by molar-refractivity contribution is 1.12. The van der Waals surface area contributed by atoms with E-state index in [-0.39, 0.29) is 5.56 Å². The summed E-state index contributed by atoms with van der Waals surface area (Å²) in [7, 11) is 0. The molecule has 2 aromatic heterocycles. The molecular formula is C10H5BrN2OS. The minimum atomic E-state index is -0.221. The van der Waals surface area contributed by atoms with E-state index in [4.69, 9.17) is 0 Å².